The normalized spacial score (nSPS) is 40.1. The average Bonchev–Trinajstić information content (AvgIpc) is 3.16. The van der Waals surface area contributed by atoms with E-state index in [1.165, 1.54) is 51.4 Å². The topological polar surface area (TPSA) is 35.5 Å². The van der Waals surface area contributed by atoms with Crippen molar-refractivity contribution in [3.8, 4) is 0 Å². The van der Waals surface area contributed by atoms with Crippen LogP contribution in [0.5, 0.6) is 0 Å². The zero-order chi connectivity index (χ0) is 25.4. The molecule has 0 spiro atoms. The van der Waals surface area contributed by atoms with Gasteiger partial charge < -0.3 is 9.47 Å². The third kappa shape index (κ3) is 5.26. The van der Waals surface area contributed by atoms with Gasteiger partial charge in [0.2, 0.25) is 0 Å². The summed E-state index contributed by atoms with van der Waals surface area (Å²) in [5.41, 5.74) is 2.37. The Balaban J connectivity index is 1.41. The summed E-state index contributed by atoms with van der Waals surface area (Å²) in [7, 11) is 0. The summed E-state index contributed by atoms with van der Waals surface area (Å²) in [5, 5.41) is 0. The van der Waals surface area contributed by atoms with E-state index in [9.17, 15) is 4.79 Å². The summed E-state index contributed by atoms with van der Waals surface area (Å²) in [4.78, 5) is 12.2. The molecule has 0 radical (unpaired) electrons. The van der Waals surface area contributed by atoms with Crippen molar-refractivity contribution in [2.45, 2.75) is 124 Å². The number of hydrogen-bond acceptors (Lipinski definition) is 3. The molecule has 35 heavy (non-hydrogen) atoms. The number of hydrogen-bond donors (Lipinski definition) is 0. The van der Waals surface area contributed by atoms with Crippen LogP contribution >= 0.6 is 0 Å². The van der Waals surface area contributed by atoms with Gasteiger partial charge in [-0.2, -0.15) is 0 Å². The van der Waals surface area contributed by atoms with Gasteiger partial charge in [-0.25, -0.2) is 4.79 Å². The highest BCUT2D eigenvalue weighted by Gasteiger charge is 2.59. The van der Waals surface area contributed by atoms with Crippen molar-refractivity contribution in [3.63, 3.8) is 0 Å². The smallest absolute Gasteiger partial charge is 0.431 e. The van der Waals surface area contributed by atoms with Crippen LogP contribution in [0.15, 0.2) is 24.3 Å². The first kappa shape index (κ1) is 26.8. The van der Waals surface area contributed by atoms with E-state index in [4.69, 9.17) is 9.47 Å². The lowest BCUT2D eigenvalue weighted by Gasteiger charge is -2.58. The highest BCUT2D eigenvalue weighted by atomic mass is 16.7. The van der Waals surface area contributed by atoms with Gasteiger partial charge >= 0.3 is 6.16 Å². The van der Waals surface area contributed by atoms with Crippen LogP contribution < -0.4 is 0 Å². The van der Waals surface area contributed by atoms with Crippen LogP contribution in [0.4, 0.5) is 4.79 Å². The Kier molecular flexibility index (Phi) is 8.13. The predicted octanol–water partition coefficient (Wildman–Crippen LogP) is 9.12. The molecule has 0 bridgehead atoms. The average molecular weight is 485 g/mol. The maximum Gasteiger partial charge on any atom is 0.509 e. The minimum absolute atomic E-state index is 0.0493. The molecule has 0 aliphatic heterocycles. The summed E-state index contributed by atoms with van der Waals surface area (Å²) >= 11 is 0. The van der Waals surface area contributed by atoms with Crippen molar-refractivity contribution in [2.75, 3.05) is 0 Å². The number of carbonyl (C=O) groups excluding carboxylic acids is 1. The van der Waals surface area contributed by atoms with Gasteiger partial charge in [0.1, 0.15) is 12.2 Å². The molecule has 0 aromatic rings. The van der Waals surface area contributed by atoms with Crippen LogP contribution in [0.2, 0.25) is 0 Å². The minimum atomic E-state index is -0.548. The highest BCUT2D eigenvalue weighted by molar-refractivity contribution is 5.60. The van der Waals surface area contributed by atoms with Crippen LogP contribution in [0.25, 0.3) is 0 Å². The Labute approximate surface area is 215 Å². The molecule has 4 aliphatic rings. The van der Waals surface area contributed by atoms with Crippen molar-refractivity contribution in [2.24, 2.45) is 46.3 Å². The molecule has 4 rings (SSSR count). The number of carbonyl (C=O) groups is 1. The van der Waals surface area contributed by atoms with Crippen LogP contribution in [0.1, 0.15) is 112 Å². The van der Waals surface area contributed by atoms with Crippen LogP contribution in [-0.4, -0.2) is 18.4 Å². The Morgan fingerprint density at radius 3 is 2.57 bits per heavy atom. The van der Waals surface area contributed by atoms with Gasteiger partial charge in [0, 0.05) is 6.42 Å². The first-order valence-corrected chi connectivity index (χ1v) is 14.8. The number of fused-ring (bicyclic) bond motifs is 5. The fourth-order valence-corrected chi connectivity index (χ4v) is 9.12. The summed E-state index contributed by atoms with van der Waals surface area (Å²) in [6.45, 7) is 18.0. The molecular formula is C32H52O3. The molecule has 0 saturated heterocycles. The highest BCUT2D eigenvalue weighted by Crippen LogP contribution is 2.67. The summed E-state index contributed by atoms with van der Waals surface area (Å²) < 4.78 is 11.0. The van der Waals surface area contributed by atoms with Gasteiger partial charge in [-0.05, 0) is 98.2 Å². The quantitative estimate of drug-likeness (QED) is 0.254. The lowest BCUT2D eigenvalue weighted by atomic mass is 9.47. The van der Waals surface area contributed by atoms with Crippen LogP contribution in [0, 0.1) is 46.3 Å². The fraction of sp³-hybridized carbons (Fsp3) is 0.844. The van der Waals surface area contributed by atoms with Crippen molar-refractivity contribution < 1.29 is 14.3 Å². The minimum Gasteiger partial charge on any atom is -0.431 e. The molecule has 3 nitrogen and oxygen atoms in total. The van der Waals surface area contributed by atoms with E-state index in [1.807, 2.05) is 6.92 Å². The molecule has 0 amide bonds. The molecule has 0 aromatic heterocycles. The van der Waals surface area contributed by atoms with E-state index in [0.29, 0.717) is 5.41 Å². The maximum atomic E-state index is 12.2. The molecule has 3 saturated carbocycles. The van der Waals surface area contributed by atoms with E-state index in [1.54, 1.807) is 11.6 Å². The molecule has 3 heteroatoms. The molecule has 3 fully saturated rings. The van der Waals surface area contributed by atoms with Gasteiger partial charge in [0.25, 0.3) is 0 Å². The lowest BCUT2D eigenvalue weighted by Crippen LogP contribution is -2.51. The second kappa shape index (κ2) is 10.6. The molecular weight excluding hydrogens is 432 g/mol. The first-order valence-electron chi connectivity index (χ1n) is 14.8. The van der Waals surface area contributed by atoms with E-state index in [0.717, 1.165) is 54.8 Å². The van der Waals surface area contributed by atoms with Gasteiger partial charge in [0.05, 0.1) is 0 Å². The molecule has 0 N–H and O–H groups in total. The number of rotatable bonds is 8. The summed E-state index contributed by atoms with van der Waals surface area (Å²) in [6, 6.07) is 0. The number of allylic oxidation sites excluding steroid dienone is 1. The van der Waals surface area contributed by atoms with Crippen molar-refractivity contribution in [3.05, 3.63) is 24.3 Å². The van der Waals surface area contributed by atoms with E-state index in [-0.39, 0.29) is 17.6 Å². The molecule has 9 atom stereocenters. The zero-order valence-corrected chi connectivity index (χ0v) is 23.5. The third-order valence-electron chi connectivity index (χ3n) is 11.1. The molecule has 0 heterocycles. The Bertz CT molecular complexity index is 799. The van der Waals surface area contributed by atoms with E-state index in [2.05, 4.69) is 47.3 Å². The lowest BCUT2D eigenvalue weighted by molar-refractivity contribution is -0.0625. The molecule has 5 unspecified atom stereocenters. The van der Waals surface area contributed by atoms with Crippen LogP contribution in [-0.2, 0) is 9.47 Å². The number of ether oxygens (including phenoxy) is 2. The monoisotopic (exact) mass is 484 g/mol. The molecule has 0 aromatic carbocycles. The molecule has 198 valence electrons. The van der Waals surface area contributed by atoms with Crippen molar-refractivity contribution in [1.29, 1.82) is 0 Å². The van der Waals surface area contributed by atoms with Gasteiger partial charge in [-0.3, -0.25) is 0 Å². The SMILES string of the molecule is C=CC(C)OC(=O)OC1CC[C@@]2(C)C(=CCC3C2CC[C@@]2(C)C3CC[C@@H]2[C@H](C)CCCC(C)C)C1. The van der Waals surface area contributed by atoms with Gasteiger partial charge in [0.15, 0.2) is 0 Å². The largest absolute Gasteiger partial charge is 0.509 e. The zero-order valence-electron chi connectivity index (χ0n) is 23.5. The van der Waals surface area contributed by atoms with Gasteiger partial charge in [-0.15, -0.1) is 0 Å². The second-order valence-corrected chi connectivity index (χ2v) is 13.6. The van der Waals surface area contributed by atoms with Crippen molar-refractivity contribution >= 4 is 6.16 Å². The van der Waals surface area contributed by atoms with E-state index < -0.39 is 6.16 Å². The molecule has 4 aliphatic carbocycles. The maximum absolute atomic E-state index is 12.2. The summed E-state index contributed by atoms with van der Waals surface area (Å²) in [5.74, 6) is 5.12. The third-order valence-corrected chi connectivity index (χ3v) is 11.1. The van der Waals surface area contributed by atoms with Gasteiger partial charge in [-0.1, -0.05) is 78.2 Å². The summed E-state index contributed by atoms with van der Waals surface area (Å²) in [6.07, 6.45) is 17.3. The van der Waals surface area contributed by atoms with Crippen LogP contribution in [0.3, 0.4) is 0 Å². The Hall–Kier alpha value is -1.25. The second-order valence-electron chi connectivity index (χ2n) is 13.6. The first-order chi connectivity index (χ1) is 16.6. The van der Waals surface area contributed by atoms with E-state index >= 15 is 0 Å². The standard InChI is InChI=1S/C32H52O3/c1-8-23(5)34-30(33)35-25-16-18-31(6)24(20-25)12-13-26-28-15-14-27(22(4)11-9-10-21(2)3)32(28,7)19-17-29(26)31/h8,12,21-23,25-29H,1,9-11,13-20H2,2-7H3/t22-,23?,25?,26?,27-,28?,29?,31+,32-/m1/s1. The predicted molar refractivity (Wildman–Crippen MR) is 144 cm³/mol. The Morgan fingerprint density at radius 2 is 1.86 bits per heavy atom. The Morgan fingerprint density at radius 1 is 1.09 bits per heavy atom. The van der Waals surface area contributed by atoms with Crippen molar-refractivity contribution in [1.82, 2.24) is 0 Å². The fourth-order valence-electron chi connectivity index (χ4n) is 9.12.